The van der Waals surface area contributed by atoms with Gasteiger partial charge in [0.25, 0.3) is 5.91 Å². The Hall–Kier alpha value is -3.15. The Bertz CT molecular complexity index is 883. The van der Waals surface area contributed by atoms with Gasteiger partial charge in [-0.2, -0.15) is 0 Å². The zero-order valence-electron chi connectivity index (χ0n) is 17.7. The van der Waals surface area contributed by atoms with E-state index < -0.39 is 11.9 Å². The van der Waals surface area contributed by atoms with Crippen molar-refractivity contribution in [2.24, 2.45) is 5.92 Å². The molecule has 1 fully saturated rings. The second-order valence-electron chi connectivity index (χ2n) is 7.83. The molecule has 158 valence electrons. The molecule has 0 aliphatic carbocycles. The molecule has 0 bridgehead atoms. The highest BCUT2D eigenvalue weighted by atomic mass is 16.5. The van der Waals surface area contributed by atoms with Gasteiger partial charge < -0.3 is 14.5 Å². The number of para-hydroxylation sites is 1. The Morgan fingerprint density at radius 3 is 2.23 bits per heavy atom. The first-order chi connectivity index (χ1) is 14.4. The number of carbonyl (C=O) groups excluding carboxylic acids is 3. The number of hydrogen-bond acceptors (Lipinski definition) is 4. The van der Waals surface area contributed by atoms with Crippen molar-refractivity contribution in [3.05, 3.63) is 66.2 Å². The van der Waals surface area contributed by atoms with Crippen LogP contribution in [0.15, 0.2) is 60.7 Å². The lowest BCUT2D eigenvalue weighted by Crippen LogP contribution is -2.40. The molecule has 2 aromatic carbocycles. The van der Waals surface area contributed by atoms with Gasteiger partial charge in [-0.1, -0.05) is 48.5 Å². The average molecular weight is 408 g/mol. The second kappa shape index (κ2) is 9.57. The Morgan fingerprint density at radius 2 is 1.63 bits per heavy atom. The number of amides is 2. The summed E-state index contributed by atoms with van der Waals surface area (Å²) in [4.78, 5) is 41.0. The summed E-state index contributed by atoms with van der Waals surface area (Å²) in [5.41, 5.74) is 1.78. The Morgan fingerprint density at radius 1 is 1.03 bits per heavy atom. The van der Waals surface area contributed by atoms with Crippen molar-refractivity contribution in [3.8, 4) is 0 Å². The van der Waals surface area contributed by atoms with Gasteiger partial charge in [0.1, 0.15) is 0 Å². The summed E-state index contributed by atoms with van der Waals surface area (Å²) in [6.07, 6.45) is 0.108. The summed E-state index contributed by atoms with van der Waals surface area (Å²) in [6.45, 7) is 5.72. The van der Waals surface area contributed by atoms with Crippen LogP contribution in [0.25, 0.3) is 0 Å². The topological polar surface area (TPSA) is 66.9 Å². The standard InChI is InChI=1S/C24H28N2O4/c1-17(2)26(21-12-8-5-9-13-21)23(28)16-30-24(29)20-14-22(27)25(15-20)18(3)19-10-6-4-7-11-19/h4-13,17-18,20H,14-16H2,1-3H3/t18-,20+/m1/s1. The Kier molecular flexibility index (Phi) is 6.87. The number of nitrogens with zero attached hydrogens (tertiary/aromatic N) is 2. The first-order valence-electron chi connectivity index (χ1n) is 10.3. The smallest absolute Gasteiger partial charge is 0.311 e. The van der Waals surface area contributed by atoms with Crippen molar-refractivity contribution >= 4 is 23.5 Å². The van der Waals surface area contributed by atoms with Crippen molar-refractivity contribution in [1.29, 1.82) is 0 Å². The van der Waals surface area contributed by atoms with Gasteiger partial charge in [-0.25, -0.2) is 0 Å². The molecule has 1 aliphatic rings. The fraction of sp³-hybridized carbons (Fsp3) is 0.375. The summed E-state index contributed by atoms with van der Waals surface area (Å²) in [5.74, 6) is -1.42. The van der Waals surface area contributed by atoms with Crippen molar-refractivity contribution in [2.75, 3.05) is 18.1 Å². The molecule has 1 heterocycles. The Balaban J connectivity index is 1.58. The minimum absolute atomic E-state index is 0.0751. The lowest BCUT2D eigenvalue weighted by Gasteiger charge is -2.27. The number of benzene rings is 2. The molecule has 0 aromatic heterocycles. The number of anilines is 1. The summed E-state index contributed by atoms with van der Waals surface area (Å²) < 4.78 is 5.31. The molecule has 6 heteroatoms. The molecule has 0 spiro atoms. The third-order valence-corrected chi connectivity index (χ3v) is 5.40. The number of esters is 1. The first kappa shape index (κ1) is 21.6. The quantitative estimate of drug-likeness (QED) is 0.657. The zero-order valence-corrected chi connectivity index (χ0v) is 17.7. The van der Waals surface area contributed by atoms with Crippen LogP contribution in [0, 0.1) is 5.92 Å². The fourth-order valence-electron chi connectivity index (χ4n) is 3.81. The molecule has 0 N–H and O–H groups in total. The van der Waals surface area contributed by atoms with Gasteiger partial charge in [-0.3, -0.25) is 14.4 Å². The minimum Gasteiger partial charge on any atom is -0.455 e. The molecule has 6 nitrogen and oxygen atoms in total. The van der Waals surface area contributed by atoms with E-state index in [2.05, 4.69) is 0 Å². The van der Waals surface area contributed by atoms with E-state index in [1.165, 1.54) is 0 Å². The lowest BCUT2D eigenvalue weighted by atomic mass is 10.1. The van der Waals surface area contributed by atoms with Crippen molar-refractivity contribution < 1.29 is 19.1 Å². The number of carbonyl (C=O) groups is 3. The van der Waals surface area contributed by atoms with Gasteiger partial charge in [0.2, 0.25) is 5.91 Å². The number of rotatable bonds is 7. The molecule has 2 atom stereocenters. The highest BCUT2D eigenvalue weighted by molar-refractivity contribution is 5.96. The summed E-state index contributed by atoms with van der Waals surface area (Å²) in [7, 11) is 0. The predicted octanol–water partition coefficient (Wildman–Crippen LogP) is 3.58. The zero-order chi connectivity index (χ0) is 21.7. The molecule has 2 amide bonds. The number of likely N-dealkylation sites (tertiary alicyclic amines) is 1. The maximum Gasteiger partial charge on any atom is 0.311 e. The molecule has 3 rings (SSSR count). The number of hydrogen-bond donors (Lipinski definition) is 0. The van der Waals surface area contributed by atoms with Crippen LogP contribution in [0.1, 0.15) is 38.8 Å². The molecular formula is C24H28N2O4. The minimum atomic E-state index is -0.555. The van der Waals surface area contributed by atoms with Crippen LogP contribution in [-0.2, 0) is 19.1 Å². The van der Waals surface area contributed by atoms with Crippen LogP contribution >= 0.6 is 0 Å². The van der Waals surface area contributed by atoms with Crippen molar-refractivity contribution in [1.82, 2.24) is 4.90 Å². The van der Waals surface area contributed by atoms with Gasteiger partial charge in [-0.15, -0.1) is 0 Å². The molecule has 30 heavy (non-hydrogen) atoms. The van der Waals surface area contributed by atoms with Crippen LogP contribution in [0.5, 0.6) is 0 Å². The van der Waals surface area contributed by atoms with Crippen LogP contribution < -0.4 is 4.90 Å². The van der Waals surface area contributed by atoms with Crippen LogP contribution in [0.3, 0.4) is 0 Å². The average Bonchev–Trinajstić information content (AvgIpc) is 3.14. The molecule has 0 radical (unpaired) electrons. The highest BCUT2D eigenvalue weighted by Crippen LogP contribution is 2.29. The van der Waals surface area contributed by atoms with Gasteiger partial charge in [-0.05, 0) is 38.5 Å². The van der Waals surface area contributed by atoms with Crippen molar-refractivity contribution in [3.63, 3.8) is 0 Å². The lowest BCUT2D eigenvalue weighted by molar-refractivity contribution is -0.151. The Labute approximate surface area is 177 Å². The summed E-state index contributed by atoms with van der Waals surface area (Å²) in [5, 5.41) is 0. The maximum atomic E-state index is 12.7. The maximum absolute atomic E-state index is 12.7. The van der Waals surface area contributed by atoms with E-state index in [0.717, 1.165) is 11.3 Å². The molecule has 0 unspecified atom stereocenters. The summed E-state index contributed by atoms with van der Waals surface area (Å²) in [6, 6.07) is 18.8. The first-order valence-corrected chi connectivity index (χ1v) is 10.3. The van der Waals surface area contributed by atoms with Crippen LogP contribution in [0.2, 0.25) is 0 Å². The highest BCUT2D eigenvalue weighted by Gasteiger charge is 2.38. The van der Waals surface area contributed by atoms with Crippen molar-refractivity contribution in [2.45, 2.75) is 39.3 Å². The molecular weight excluding hydrogens is 380 g/mol. The van der Waals surface area contributed by atoms with Gasteiger partial charge >= 0.3 is 5.97 Å². The largest absolute Gasteiger partial charge is 0.455 e. The van der Waals surface area contributed by atoms with E-state index in [9.17, 15) is 14.4 Å². The van der Waals surface area contributed by atoms with Gasteiger partial charge in [0.05, 0.1) is 12.0 Å². The van der Waals surface area contributed by atoms with Gasteiger partial charge in [0.15, 0.2) is 6.61 Å². The predicted molar refractivity (Wildman–Crippen MR) is 115 cm³/mol. The second-order valence-corrected chi connectivity index (χ2v) is 7.83. The van der Waals surface area contributed by atoms with E-state index in [4.69, 9.17) is 4.74 Å². The molecule has 0 saturated carbocycles. The van der Waals surface area contributed by atoms with E-state index in [-0.39, 0.29) is 36.9 Å². The normalized spacial score (nSPS) is 17.1. The third kappa shape index (κ3) is 4.87. The van der Waals surface area contributed by atoms with Crippen LogP contribution in [0.4, 0.5) is 5.69 Å². The van der Waals surface area contributed by atoms with E-state index in [0.29, 0.717) is 6.54 Å². The molecule has 1 aliphatic heterocycles. The molecule has 2 aromatic rings. The van der Waals surface area contributed by atoms with E-state index in [1.807, 2.05) is 81.4 Å². The molecule has 1 saturated heterocycles. The number of ether oxygens (including phenoxy) is 1. The summed E-state index contributed by atoms with van der Waals surface area (Å²) >= 11 is 0. The fourth-order valence-corrected chi connectivity index (χ4v) is 3.81. The SMILES string of the molecule is CC(C)N(C(=O)COC(=O)[C@H]1CC(=O)N([C@H](C)c2ccccc2)C1)c1ccccc1. The monoisotopic (exact) mass is 408 g/mol. The van der Waals surface area contributed by atoms with E-state index in [1.54, 1.807) is 9.80 Å². The third-order valence-electron chi connectivity index (χ3n) is 5.40. The van der Waals surface area contributed by atoms with Gasteiger partial charge in [0, 0.05) is 24.7 Å². The van der Waals surface area contributed by atoms with E-state index >= 15 is 0 Å². The van der Waals surface area contributed by atoms with Crippen LogP contribution in [-0.4, -0.2) is 41.9 Å².